The fourth-order valence-corrected chi connectivity index (χ4v) is 2.65. The van der Waals surface area contributed by atoms with Crippen molar-refractivity contribution in [3.8, 4) is 0 Å². The van der Waals surface area contributed by atoms with Crippen LogP contribution in [0.15, 0.2) is 24.3 Å². The van der Waals surface area contributed by atoms with Crippen LogP contribution in [0.4, 0.5) is 5.69 Å². The molecule has 3 unspecified atom stereocenters. The van der Waals surface area contributed by atoms with Gasteiger partial charge >= 0.3 is 0 Å². The van der Waals surface area contributed by atoms with Gasteiger partial charge in [0, 0.05) is 18.7 Å². The molecular formula is C17H24N2O3. The summed E-state index contributed by atoms with van der Waals surface area (Å²) in [7, 11) is 0. The van der Waals surface area contributed by atoms with Crippen molar-refractivity contribution in [2.24, 2.45) is 5.92 Å². The second-order valence-electron chi connectivity index (χ2n) is 6.28. The van der Waals surface area contributed by atoms with Crippen LogP contribution in [-0.4, -0.2) is 29.1 Å². The van der Waals surface area contributed by atoms with Gasteiger partial charge in [0.05, 0.1) is 11.5 Å². The molecule has 2 rings (SSSR count). The minimum Gasteiger partial charge on any atom is -0.388 e. The second kappa shape index (κ2) is 6.48. The lowest BCUT2D eigenvalue weighted by Gasteiger charge is -2.31. The van der Waals surface area contributed by atoms with Crippen LogP contribution in [0, 0.1) is 5.92 Å². The number of carbonyl (C=O) groups is 2. The third-order valence-electron chi connectivity index (χ3n) is 4.61. The van der Waals surface area contributed by atoms with E-state index < -0.39 is 11.5 Å². The summed E-state index contributed by atoms with van der Waals surface area (Å²) in [6, 6.07) is 7.33. The molecule has 0 aromatic heterocycles. The molecule has 0 saturated carbocycles. The third kappa shape index (κ3) is 3.47. The highest BCUT2D eigenvalue weighted by Crippen LogP contribution is 2.32. The number of fused-ring (bicyclic) bond motifs is 1. The standard InChI is InChI=1S/C17H24N2O3/c1-4-11(2)17(3,22)10-18-16(21)13-9-15(20)19-14-8-6-5-7-12(13)14/h5-8,11,13,22H,4,9-10H2,1-3H3,(H,18,21)(H,19,20). The first-order valence-corrected chi connectivity index (χ1v) is 7.74. The summed E-state index contributed by atoms with van der Waals surface area (Å²) in [5.41, 5.74) is 0.552. The van der Waals surface area contributed by atoms with Gasteiger partial charge < -0.3 is 15.7 Å². The van der Waals surface area contributed by atoms with Crippen LogP contribution < -0.4 is 10.6 Å². The Morgan fingerprint density at radius 3 is 2.86 bits per heavy atom. The van der Waals surface area contributed by atoms with Crippen molar-refractivity contribution >= 4 is 17.5 Å². The molecule has 22 heavy (non-hydrogen) atoms. The smallest absolute Gasteiger partial charge is 0.228 e. The average molecular weight is 304 g/mol. The van der Waals surface area contributed by atoms with E-state index in [1.807, 2.05) is 32.0 Å². The molecule has 0 bridgehead atoms. The predicted octanol–water partition coefficient (Wildman–Crippen LogP) is 2.03. The van der Waals surface area contributed by atoms with Crippen molar-refractivity contribution in [1.82, 2.24) is 5.32 Å². The number of amides is 2. The number of para-hydroxylation sites is 1. The third-order valence-corrected chi connectivity index (χ3v) is 4.61. The Morgan fingerprint density at radius 1 is 1.50 bits per heavy atom. The Labute approximate surface area is 131 Å². The summed E-state index contributed by atoms with van der Waals surface area (Å²) >= 11 is 0. The molecule has 2 amide bonds. The molecule has 0 radical (unpaired) electrons. The highest BCUT2D eigenvalue weighted by Gasteiger charge is 2.33. The number of nitrogens with one attached hydrogen (secondary N) is 2. The molecule has 0 fully saturated rings. The first kappa shape index (κ1) is 16.5. The van der Waals surface area contributed by atoms with Crippen molar-refractivity contribution in [2.75, 3.05) is 11.9 Å². The van der Waals surface area contributed by atoms with E-state index in [4.69, 9.17) is 0 Å². The highest BCUT2D eigenvalue weighted by atomic mass is 16.3. The Balaban J connectivity index is 2.09. The normalized spacial score (nSPS) is 21.3. The van der Waals surface area contributed by atoms with Crippen LogP contribution >= 0.6 is 0 Å². The molecule has 3 atom stereocenters. The van der Waals surface area contributed by atoms with Crippen LogP contribution in [0.25, 0.3) is 0 Å². The molecule has 5 heteroatoms. The van der Waals surface area contributed by atoms with Gasteiger partial charge in [-0.05, 0) is 24.5 Å². The minimum atomic E-state index is -0.957. The summed E-state index contributed by atoms with van der Waals surface area (Å²) in [6.45, 7) is 5.86. The van der Waals surface area contributed by atoms with Crippen molar-refractivity contribution < 1.29 is 14.7 Å². The molecule has 0 aliphatic carbocycles. The van der Waals surface area contributed by atoms with Crippen molar-refractivity contribution in [3.63, 3.8) is 0 Å². The topological polar surface area (TPSA) is 78.4 Å². The molecule has 1 aliphatic heterocycles. The molecule has 1 heterocycles. The second-order valence-corrected chi connectivity index (χ2v) is 6.28. The monoisotopic (exact) mass is 304 g/mol. The van der Waals surface area contributed by atoms with E-state index in [9.17, 15) is 14.7 Å². The van der Waals surface area contributed by atoms with Crippen molar-refractivity contribution in [1.29, 1.82) is 0 Å². The van der Waals surface area contributed by atoms with E-state index in [2.05, 4.69) is 10.6 Å². The van der Waals surface area contributed by atoms with Crippen LogP contribution in [0.2, 0.25) is 0 Å². The molecule has 1 aromatic carbocycles. The Bertz CT molecular complexity index is 569. The average Bonchev–Trinajstić information content (AvgIpc) is 2.50. The first-order valence-electron chi connectivity index (χ1n) is 7.74. The largest absolute Gasteiger partial charge is 0.388 e. The fraction of sp³-hybridized carbons (Fsp3) is 0.529. The zero-order chi connectivity index (χ0) is 16.3. The number of hydrogen-bond acceptors (Lipinski definition) is 3. The van der Waals surface area contributed by atoms with Crippen LogP contribution in [0.5, 0.6) is 0 Å². The lowest BCUT2D eigenvalue weighted by Crippen LogP contribution is -2.46. The maximum atomic E-state index is 12.5. The van der Waals surface area contributed by atoms with E-state index in [0.717, 1.165) is 12.0 Å². The molecular weight excluding hydrogens is 280 g/mol. The minimum absolute atomic E-state index is 0.0785. The predicted molar refractivity (Wildman–Crippen MR) is 85.5 cm³/mol. The summed E-state index contributed by atoms with van der Waals surface area (Å²) in [4.78, 5) is 24.2. The summed E-state index contributed by atoms with van der Waals surface area (Å²) in [5.74, 6) is -0.800. The van der Waals surface area contributed by atoms with Gasteiger partial charge in [-0.25, -0.2) is 0 Å². The molecule has 5 nitrogen and oxygen atoms in total. The molecule has 1 aromatic rings. The molecule has 1 aliphatic rings. The van der Waals surface area contributed by atoms with Gasteiger partial charge in [-0.15, -0.1) is 0 Å². The van der Waals surface area contributed by atoms with E-state index in [0.29, 0.717) is 5.69 Å². The summed E-state index contributed by atoms with van der Waals surface area (Å²) < 4.78 is 0. The van der Waals surface area contributed by atoms with E-state index in [1.165, 1.54) is 0 Å². The quantitative estimate of drug-likeness (QED) is 0.779. The van der Waals surface area contributed by atoms with Gasteiger partial charge in [0.2, 0.25) is 11.8 Å². The maximum Gasteiger partial charge on any atom is 0.228 e. The van der Waals surface area contributed by atoms with Gasteiger partial charge in [-0.2, -0.15) is 0 Å². The SMILES string of the molecule is CCC(C)C(C)(O)CNC(=O)C1CC(=O)Nc2ccccc21. The number of hydrogen-bond donors (Lipinski definition) is 3. The number of carbonyl (C=O) groups excluding carboxylic acids is 2. The summed E-state index contributed by atoms with van der Waals surface area (Å²) in [5, 5.41) is 16.0. The fourth-order valence-electron chi connectivity index (χ4n) is 2.65. The Morgan fingerprint density at radius 2 is 2.18 bits per heavy atom. The van der Waals surface area contributed by atoms with Crippen molar-refractivity contribution in [2.45, 2.75) is 45.1 Å². The number of rotatable bonds is 5. The Hall–Kier alpha value is -1.88. The van der Waals surface area contributed by atoms with E-state index in [-0.39, 0.29) is 30.7 Å². The van der Waals surface area contributed by atoms with Gasteiger partial charge in [0.25, 0.3) is 0 Å². The highest BCUT2D eigenvalue weighted by molar-refractivity contribution is 6.01. The first-order chi connectivity index (χ1) is 10.3. The maximum absolute atomic E-state index is 12.5. The number of benzene rings is 1. The van der Waals surface area contributed by atoms with Gasteiger partial charge in [0.1, 0.15) is 0 Å². The van der Waals surface area contributed by atoms with Crippen LogP contribution in [0.3, 0.4) is 0 Å². The molecule has 3 N–H and O–H groups in total. The van der Waals surface area contributed by atoms with E-state index in [1.54, 1.807) is 13.0 Å². The molecule has 120 valence electrons. The number of aliphatic hydroxyl groups is 1. The van der Waals surface area contributed by atoms with Crippen molar-refractivity contribution in [3.05, 3.63) is 29.8 Å². The molecule has 0 saturated heterocycles. The van der Waals surface area contributed by atoms with Gasteiger partial charge in [-0.3, -0.25) is 9.59 Å². The lowest BCUT2D eigenvalue weighted by molar-refractivity contribution is -0.127. The lowest BCUT2D eigenvalue weighted by atomic mass is 9.87. The van der Waals surface area contributed by atoms with Gasteiger partial charge in [-0.1, -0.05) is 38.5 Å². The zero-order valence-corrected chi connectivity index (χ0v) is 13.3. The van der Waals surface area contributed by atoms with E-state index >= 15 is 0 Å². The van der Waals surface area contributed by atoms with Gasteiger partial charge in [0.15, 0.2) is 0 Å². The number of anilines is 1. The summed E-state index contributed by atoms with van der Waals surface area (Å²) in [6.07, 6.45) is 0.964. The molecule has 0 spiro atoms. The van der Waals surface area contributed by atoms with Crippen LogP contribution in [0.1, 0.15) is 45.1 Å². The Kier molecular flexibility index (Phi) is 4.86. The zero-order valence-electron chi connectivity index (χ0n) is 13.3. The van der Waals surface area contributed by atoms with Crippen LogP contribution in [-0.2, 0) is 9.59 Å².